The average molecular weight is 444 g/mol. The summed E-state index contributed by atoms with van der Waals surface area (Å²) in [6.45, 7) is 4.91. The van der Waals surface area contributed by atoms with E-state index in [1.165, 1.54) is 12.1 Å². The number of nitrogens with two attached hydrogens (primary N) is 1. The third-order valence-corrected chi connectivity index (χ3v) is 6.91. The fourth-order valence-electron chi connectivity index (χ4n) is 3.88. The maximum atomic E-state index is 13.2. The Balaban J connectivity index is 1.68. The van der Waals surface area contributed by atoms with Gasteiger partial charge in [0.15, 0.2) is 0 Å². The minimum Gasteiger partial charge on any atom is -0.339 e. The molecule has 166 valence electrons. The van der Waals surface area contributed by atoms with Gasteiger partial charge in [-0.05, 0) is 56.5 Å². The van der Waals surface area contributed by atoms with Crippen LogP contribution < -0.4 is 5.14 Å². The third kappa shape index (κ3) is 5.32. The van der Waals surface area contributed by atoms with Gasteiger partial charge in [-0.15, -0.1) is 0 Å². The number of aryl methyl sites for hydroxylation is 1. The van der Waals surface area contributed by atoms with Gasteiger partial charge in [0, 0.05) is 25.7 Å². The molecule has 1 fully saturated rings. The first kappa shape index (κ1) is 23.0. The average Bonchev–Trinajstić information content (AvgIpc) is 2.77. The van der Waals surface area contributed by atoms with E-state index in [0.29, 0.717) is 18.7 Å². The molecule has 8 heteroatoms. The summed E-state index contributed by atoms with van der Waals surface area (Å²) in [7, 11) is -2.02. The van der Waals surface area contributed by atoms with Crippen molar-refractivity contribution in [2.75, 3.05) is 20.1 Å². The number of piperidine rings is 1. The zero-order valence-electron chi connectivity index (χ0n) is 18.1. The molecule has 1 aliphatic rings. The number of carbonyl (C=O) groups excluding carboxylic acids is 2. The Morgan fingerprint density at radius 2 is 1.71 bits per heavy atom. The maximum absolute atomic E-state index is 13.2. The number of hydrogen-bond donors (Lipinski definition) is 1. The van der Waals surface area contributed by atoms with Crippen LogP contribution in [-0.2, 0) is 14.8 Å². The van der Waals surface area contributed by atoms with Gasteiger partial charge in [0.05, 0.1) is 16.9 Å². The van der Waals surface area contributed by atoms with Crippen molar-refractivity contribution in [2.45, 2.75) is 37.6 Å². The minimum atomic E-state index is -3.76. The molecule has 2 N–H and O–H groups in total. The predicted octanol–water partition coefficient (Wildman–Crippen LogP) is 2.71. The van der Waals surface area contributed by atoms with E-state index in [1.54, 1.807) is 29.0 Å². The van der Waals surface area contributed by atoms with Gasteiger partial charge >= 0.3 is 0 Å². The van der Waals surface area contributed by atoms with Crippen molar-refractivity contribution in [3.8, 4) is 0 Å². The number of sulfonamides is 1. The van der Waals surface area contributed by atoms with E-state index >= 15 is 0 Å². The summed E-state index contributed by atoms with van der Waals surface area (Å²) in [5.41, 5.74) is 2.54. The van der Waals surface area contributed by atoms with E-state index in [2.05, 4.69) is 0 Å². The SMILES string of the molecule is Cc1ccc(C(=O)N2CCCC(C(=O)N(C)C(C)c3ccc(S(N)(=O)=O)cc3)C2)cc1. The van der Waals surface area contributed by atoms with Gasteiger partial charge in [0.2, 0.25) is 15.9 Å². The quantitative estimate of drug-likeness (QED) is 0.768. The highest BCUT2D eigenvalue weighted by Crippen LogP contribution is 2.26. The van der Waals surface area contributed by atoms with E-state index in [9.17, 15) is 18.0 Å². The second-order valence-electron chi connectivity index (χ2n) is 8.20. The Morgan fingerprint density at radius 3 is 2.29 bits per heavy atom. The molecule has 31 heavy (non-hydrogen) atoms. The van der Waals surface area contributed by atoms with Crippen LogP contribution in [0.3, 0.4) is 0 Å². The van der Waals surface area contributed by atoms with Crippen molar-refractivity contribution in [3.05, 3.63) is 65.2 Å². The molecule has 0 bridgehead atoms. The zero-order chi connectivity index (χ0) is 22.8. The molecular formula is C23H29N3O4S. The summed E-state index contributed by atoms with van der Waals surface area (Å²) in [6.07, 6.45) is 1.51. The summed E-state index contributed by atoms with van der Waals surface area (Å²) in [5.74, 6) is -0.337. The Morgan fingerprint density at radius 1 is 1.10 bits per heavy atom. The van der Waals surface area contributed by atoms with Crippen LogP contribution >= 0.6 is 0 Å². The molecule has 1 aliphatic heterocycles. The number of nitrogens with zero attached hydrogens (tertiary/aromatic N) is 2. The Kier molecular flexibility index (Phi) is 6.81. The van der Waals surface area contributed by atoms with Crippen LogP contribution in [0, 0.1) is 12.8 Å². The van der Waals surface area contributed by atoms with Crippen molar-refractivity contribution in [1.82, 2.24) is 9.80 Å². The van der Waals surface area contributed by atoms with Crippen LogP contribution in [0.1, 0.15) is 47.3 Å². The number of carbonyl (C=O) groups is 2. The molecule has 0 aromatic heterocycles. The number of benzene rings is 2. The molecule has 7 nitrogen and oxygen atoms in total. The first-order chi connectivity index (χ1) is 14.6. The van der Waals surface area contributed by atoms with Gasteiger partial charge in [0.25, 0.3) is 5.91 Å². The molecule has 2 aromatic carbocycles. The molecule has 2 atom stereocenters. The van der Waals surface area contributed by atoms with Gasteiger partial charge in [-0.25, -0.2) is 13.6 Å². The Labute approximate surface area is 183 Å². The van der Waals surface area contributed by atoms with Crippen LogP contribution in [0.25, 0.3) is 0 Å². The number of rotatable bonds is 5. The summed E-state index contributed by atoms with van der Waals surface area (Å²) in [6, 6.07) is 13.5. The lowest BCUT2D eigenvalue weighted by atomic mass is 9.94. The first-order valence-electron chi connectivity index (χ1n) is 10.3. The van der Waals surface area contributed by atoms with Crippen LogP contribution in [0.5, 0.6) is 0 Å². The number of likely N-dealkylation sites (tertiary alicyclic amines) is 1. The van der Waals surface area contributed by atoms with Crippen molar-refractivity contribution >= 4 is 21.8 Å². The number of primary sulfonamides is 1. The predicted molar refractivity (Wildman–Crippen MR) is 119 cm³/mol. The van der Waals surface area contributed by atoms with E-state index in [0.717, 1.165) is 24.0 Å². The highest BCUT2D eigenvalue weighted by molar-refractivity contribution is 7.89. The second kappa shape index (κ2) is 9.20. The topological polar surface area (TPSA) is 101 Å². The lowest BCUT2D eigenvalue weighted by Crippen LogP contribution is -2.46. The van der Waals surface area contributed by atoms with Crippen LogP contribution in [0.15, 0.2) is 53.4 Å². The second-order valence-corrected chi connectivity index (χ2v) is 9.76. The van der Waals surface area contributed by atoms with Crippen molar-refractivity contribution in [1.29, 1.82) is 0 Å². The summed E-state index contributed by atoms with van der Waals surface area (Å²) < 4.78 is 22.9. The molecule has 3 rings (SSSR count). The van der Waals surface area contributed by atoms with Gasteiger partial charge in [-0.1, -0.05) is 29.8 Å². The monoisotopic (exact) mass is 443 g/mol. The van der Waals surface area contributed by atoms with Crippen LogP contribution in [-0.4, -0.2) is 50.2 Å². The molecule has 0 aliphatic carbocycles. The molecule has 0 saturated carbocycles. The molecule has 1 saturated heterocycles. The molecule has 0 spiro atoms. The van der Waals surface area contributed by atoms with Gasteiger partial charge in [-0.3, -0.25) is 9.59 Å². The number of hydrogen-bond acceptors (Lipinski definition) is 4. The standard InChI is InChI=1S/C23H29N3O4S/c1-16-6-8-19(9-7-16)23(28)26-14-4-5-20(15-26)22(27)25(3)17(2)18-10-12-21(13-11-18)31(24,29)30/h6-13,17,20H,4-5,14-15H2,1-3H3,(H2,24,29,30). The first-order valence-corrected chi connectivity index (χ1v) is 11.9. The molecular weight excluding hydrogens is 414 g/mol. The zero-order valence-corrected chi connectivity index (χ0v) is 18.9. The van der Waals surface area contributed by atoms with Crippen LogP contribution in [0.2, 0.25) is 0 Å². The Bertz CT molecular complexity index is 1050. The largest absolute Gasteiger partial charge is 0.339 e. The Hall–Kier alpha value is -2.71. The van der Waals surface area contributed by atoms with Gasteiger partial charge < -0.3 is 9.80 Å². The maximum Gasteiger partial charge on any atom is 0.253 e. The summed E-state index contributed by atoms with van der Waals surface area (Å²) in [5, 5.41) is 5.15. The smallest absolute Gasteiger partial charge is 0.253 e. The molecule has 2 amide bonds. The van der Waals surface area contributed by atoms with Gasteiger partial charge in [-0.2, -0.15) is 0 Å². The van der Waals surface area contributed by atoms with E-state index < -0.39 is 10.0 Å². The molecule has 2 unspecified atom stereocenters. The van der Waals surface area contributed by atoms with E-state index in [4.69, 9.17) is 5.14 Å². The lowest BCUT2D eigenvalue weighted by molar-refractivity contribution is -0.137. The summed E-state index contributed by atoms with van der Waals surface area (Å²) in [4.78, 5) is 29.5. The fraction of sp³-hybridized carbons (Fsp3) is 0.391. The molecule has 1 heterocycles. The van der Waals surface area contributed by atoms with Crippen molar-refractivity contribution in [3.63, 3.8) is 0 Å². The number of amides is 2. The van der Waals surface area contributed by atoms with Gasteiger partial charge in [0.1, 0.15) is 0 Å². The van der Waals surface area contributed by atoms with Crippen molar-refractivity contribution in [2.24, 2.45) is 11.1 Å². The fourth-order valence-corrected chi connectivity index (χ4v) is 4.40. The molecule has 0 radical (unpaired) electrons. The van der Waals surface area contributed by atoms with Crippen molar-refractivity contribution < 1.29 is 18.0 Å². The minimum absolute atomic E-state index is 0.0237. The third-order valence-electron chi connectivity index (χ3n) is 5.98. The highest BCUT2D eigenvalue weighted by atomic mass is 32.2. The lowest BCUT2D eigenvalue weighted by Gasteiger charge is -2.36. The van der Waals surface area contributed by atoms with Crippen LogP contribution in [0.4, 0.5) is 0 Å². The van der Waals surface area contributed by atoms with E-state index in [-0.39, 0.29) is 28.7 Å². The molecule has 2 aromatic rings. The summed E-state index contributed by atoms with van der Waals surface area (Å²) >= 11 is 0. The highest BCUT2D eigenvalue weighted by Gasteiger charge is 2.32. The normalized spacial score (nSPS) is 17.8. The van der Waals surface area contributed by atoms with E-state index in [1.807, 2.05) is 38.1 Å².